The Hall–Kier alpha value is -11.3. The second-order valence-corrected chi connectivity index (χ2v) is 30.6. The molecule has 10 atom stereocenters. The molecule has 12 heteroatoms. The largest absolute Gasteiger partial charge is 0.460 e. The summed E-state index contributed by atoms with van der Waals surface area (Å²) in [6, 6.07) is 92.3. The van der Waals surface area contributed by atoms with E-state index in [1.165, 1.54) is 58.5 Å². The molecule has 0 amide bonds. The molecule has 103 heavy (non-hydrogen) atoms. The molecule has 0 spiro atoms. The number of benzene rings is 12. The molecule has 0 saturated carbocycles. The van der Waals surface area contributed by atoms with Gasteiger partial charge in [0.05, 0.1) is 25.2 Å². The van der Waals surface area contributed by atoms with Gasteiger partial charge in [0.15, 0.2) is 0 Å². The fraction of sp³-hybridized carbons (Fsp3) is 0.110. The molecular weight excluding hydrogens is 1310 g/mol. The highest BCUT2D eigenvalue weighted by molar-refractivity contribution is 8.00. The summed E-state index contributed by atoms with van der Waals surface area (Å²) in [5.41, 5.74) is 21.4. The lowest BCUT2D eigenvalue weighted by Gasteiger charge is -2.62. The van der Waals surface area contributed by atoms with Crippen LogP contribution in [0.15, 0.2) is 312 Å². The van der Waals surface area contributed by atoms with E-state index in [0.29, 0.717) is 5.92 Å². The number of thioether (sulfide) groups is 1. The first-order chi connectivity index (χ1) is 51.0. The van der Waals surface area contributed by atoms with Gasteiger partial charge in [0.1, 0.15) is 63.0 Å². The number of nitrogens with one attached hydrogen (secondary N) is 3. The van der Waals surface area contributed by atoms with E-state index in [1.807, 2.05) is 35.2 Å². The fourth-order valence-electron chi connectivity index (χ4n) is 17.8. The van der Waals surface area contributed by atoms with Crippen LogP contribution in [-0.2, 0) is 6.42 Å². The van der Waals surface area contributed by atoms with Crippen LogP contribution < -0.4 is 16.0 Å². The molecule has 492 valence electrons. The number of aliphatic imine (C=N–C) groups is 1. The second-order valence-electron chi connectivity index (χ2n) is 28.4. The zero-order valence-corrected chi connectivity index (χ0v) is 57.1. The van der Waals surface area contributed by atoms with Crippen molar-refractivity contribution in [2.45, 2.75) is 59.2 Å². The lowest BCUT2D eigenvalue weighted by Crippen LogP contribution is -2.69. The number of nitrogens with zero attached hydrogens (tertiary/aromatic N) is 3. The Morgan fingerprint density at radius 1 is 0.437 bits per heavy atom. The summed E-state index contributed by atoms with van der Waals surface area (Å²) in [6.07, 6.45) is 11.7. The van der Waals surface area contributed by atoms with E-state index >= 15 is 0 Å². The Labute approximate surface area is 599 Å². The van der Waals surface area contributed by atoms with Gasteiger partial charge in [-0.25, -0.2) is 4.99 Å². The Morgan fingerprint density at radius 3 is 1.90 bits per heavy atom. The summed E-state index contributed by atoms with van der Waals surface area (Å²) in [5, 5.41) is 22.5. The SMILES string of the molecule is C1=CC2c3ccccc3SC2C(C2NC(c3ccccc3)=NC(c3ccc4c5c(oc4c3)CC(c3cccc4c3oc3ccc(-c6ccc7c(c6)sc6cc(C8NC(c9ccc%10c(c9)oc9c(-c%11cccc%12c%11oc%11ccccc%11%12)cccc9%10)N9CN8C9c8ccccc8)ccc67)cc34)C=C5)N2)=C1. The molecule has 2 aliphatic carbocycles. The number of hydrogen-bond donors (Lipinski definition) is 3. The number of furan rings is 4. The van der Waals surface area contributed by atoms with Crippen LogP contribution in [0.4, 0.5) is 0 Å². The monoisotopic (exact) mass is 1370 g/mol. The first kappa shape index (κ1) is 58.3. The normalized spacial score (nSPS) is 22.7. The molecule has 17 aromatic rings. The summed E-state index contributed by atoms with van der Waals surface area (Å²) in [4.78, 5) is 11.9. The summed E-state index contributed by atoms with van der Waals surface area (Å²) < 4.78 is 29.9. The summed E-state index contributed by atoms with van der Waals surface area (Å²) >= 11 is 3.84. The number of amidine groups is 1. The van der Waals surface area contributed by atoms with Crippen LogP contribution in [0.2, 0.25) is 0 Å². The van der Waals surface area contributed by atoms with E-state index in [2.05, 4.69) is 299 Å². The van der Waals surface area contributed by atoms with Crippen LogP contribution in [0.5, 0.6) is 0 Å². The molecule has 10 unspecified atom stereocenters. The smallest absolute Gasteiger partial charge is 0.143 e. The molecule has 0 radical (unpaired) electrons. The summed E-state index contributed by atoms with van der Waals surface area (Å²) in [7, 11) is 0. The summed E-state index contributed by atoms with van der Waals surface area (Å²) in [6.45, 7) is 0.819. The van der Waals surface area contributed by atoms with Crippen molar-refractivity contribution in [2.24, 2.45) is 4.99 Å². The lowest BCUT2D eigenvalue weighted by molar-refractivity contribution is -0.225. The van der Waals surface area contributed by atoms with Crippen LogP contribution in [0.3, 0.4) is 0 Å². The number of hydrogen-bond acceptors (Lipinski definition) is 12. The van der Waals surface area contributed by atoms with E-state index < -0.39 is 0 Å². The highest BCUT2D eigenvalue weighted by Crippen LogP contribution is 2.54. The number of thiophene rings is 1. The average molecular weight is 1370 g/mol. The maximum atomic E-state index is 6.98. The molecule has 7 aliphatic rings. The van der Waals surface area contributed by atoms with Gasteiger partial charge in [0.2, 0.25) is 0 Å². The summed E-state index contributed by atoms with van der Waals surface area (Å²) in [5.74, 6) is 2.24. The Bertz CT molecular complexity index is 6570. The van der Waals surface area contributed by atoms with Crippen molar-refractivity contribution in [1.82, 2.24) is 25.8 Å². The minimum Gasteiger partial charge on any atom is -0.460 e. The first-order valence-electron chi connectivity index (χ1n) is 35.6. The Balaban J connectivity index is 0.525. The van der Waals surface area contributed by atoms with Crippen molar-refractivity contribution < 1.29 is 17.7 Å². The fourth-order valence-corrected chi connectivity index (χ4v) is 20.5. The molecule has 5 aliphatic heterocycles. The molecule has 2 bridgehead atoms. The minimum absolute atomic E-state index is 0.0418. The molecule has 3 saturated heterocycles. The zero-order valence-electron chi connectivity index (χ0n) is 55.5. The second kappa shape index (κ2) is 22.6. The van der Waals surface area contributed by atoms with E-state index in [9.17, 15) is 0 Å². The van der Waals surface area contributed by atoms with E-state index in [0.717, 1.165) is 140 Å². The van der Waals surface area contributed by atoms with E-state index in [4.69, 9.17) is 22.7 Å². The van der Waals surface area contributed by atoms with Crippen molar-refractivity contribution in [3.63, 3.8) is 0 Å². The van der Waals surface area contributed by atoms with Gasteiger partial charge in [0, 0.05) is 114 Å². The van der Waals surface area contributed by atoms with Crippen LogP contribution in [-0.4, -0.2) is 33.7 Å². The molecule has 10 nitrogen and oxygen atoms in total. The van der Waals surface area contributed by atoms with Gasteiger partial charge >= 0.3 is 0 Å². The van der Waals surface area contributed by atoms with Gasteiger partial charge in [-0.2, -0.15) is 0 Å². The van der Waals surface area contributed by atoms with Gasteiger partial charge in [-0.3, -0.25) is 20.4 Å². The van der Waals surface area contributed by atoms with Crippen LogP contribution in [0.25, 0.3) is 125 Å². The van der Waals surface area contributed by atoms with Gasteiger partial charge in [-0.15, -0.1) is 23.1 Å². The minimum atomic E-state index is -0.305. The van der Waals surface area contributed by atoms with Gasteiger partial charge < -0.3 is 23.0 Å². The maximum absolute atomic E-state index is 6.98. The third-order valence-corrected chi connectivity index (χ3v) is 25.3. The number of para-hydroxylation sites is 4. The first-order valence-corrected chi connectivity index (χ1v) is 37.3. The highest BCUT2D eigenvalue weighted by atomic mass is 32.2. The predicted octanol–water partition coefficient (Wildman–Crippen LogP) is 22.5. The molecule has 12 aromatic carbocycles. The van der Waals surface area contributed by atoms with Gasteiger partial charge in [0.25, 0.3) is 0 Å². The number of fused-ring (bicyclic) bond motifs is 20. The lowest BCUT2D eigenvalue weighted by atomic mass is 9.86. The van der Waals surface area contributed by atoms with Crippen LogP contribution in [0, 0.1) is 0 Å². The predicted molar refractivity (Wildman–Crippen MR) is 418 cm³/mol. The number of allylic oxidation sites excluding steroid dienone is 4. The van der Waals surface area contributed by atoms with Crippen molar-refractivity contribution in [3.05, 3.63) is 335 Å². The van der Waals surface area contributed by atoms with Gasteiger partial charge in [-0.1, -0.05) is 237 Å². The Kier molecular flexibility index (Phi) is 12.8. The molecule has 24 rings (SSSR count). The molecule has 5 aromatic heterocycles. The van der Waals surface area contributed by atoms with E-state index in [-0.39, 0.29) is 42.0 Å². The third-order valence-electron chi connectivity index (χ3n) is 22.7. The maximum Gasteiger partial charge on any atom is 0.143 e. The molecular formula is C91H62N6O4S2. The van der Waals surface area contributed by atoms with Crippen molar-refractivity contribution in [3.8, 4) is 22.3 Å². The standard InChI is InChI=1S/C91H62N6O4S2/c1-3-15-50(16-4-1)86-92-87(94-88(93-86)72-28-14-27-71-63-20-8-10-30-79(63)103-85(71)72)55-33-38-61-60-37-32-54(44-76(60)98-77(61)45-55)58-21-11-26-70-73-43-52(36-42-75(73)100-82(58)70)53-31-40-64-65-41-35-57(48-81(65)102-80(64)47-53)90-95-89(96-49-97(90)91(96)51-17-5-2-6-18-51)56-34-39-62-67-23-13-25-69(84(67)101-78(62)46-56)68-24-12-22-66-59-19-7-9-29-74(59)99-83(66)68/h1-43,45-48,54,71,85,87-91,94-95H,44,49H2,(H,92,93). The van der Waals surface area contributed by atoms with E-state index in [1.54, 1.807) is 0 Å². The molecule has 10 heterocycles. The number of rotatable bonds is 9. The van der Waals surface area contributed by atoms with Crippen molar-refractivity contribution in [1.29, 1.82) is 0 Å². The third kappa shape index (κ3) is 9.05. The molecule has 3 N–H and O–H groups in total. The van der Waals surface area contributed by atoms with Crippen LogP contribution >= 0.6 is 23.1 Å². The van der Waals surface area contributed by atoms with Gasteiger partial charge in [-0.05, 0) is 93.0 Å². The average Bonchev–Trinajstić information content (AvgIpc) is 1.17. The highest BCUT2D eigenvalue weighted by Gasteiger charge is 2.51. The Morgan fingerprint density at radius 2 is 1.06 bits per heavy atom. The van der Waals surface area contributed by atoms with Crippen LogP contribution in [0.1, 0.15) is 86.8 Å². The van der Waals surface area contributed by atoms with Crippen molar-refractivity contribution >= 4 is 132 Å². The van der Waals surface area contributed by atoms with Crippen molar-refractivity contribution in [2.75, 3.05) is 6.67 Å². The quantitative estimate of drug-likeness (QED) is 0.129. The molecule has 3 fully saturated rings. The zero-order chi connectivity index (χ0) is 67.1. The topological polar surface area (TPSA) is 107 Å².